The average Bonchev–Trinajstić information content (AvgIpc) is 2.42. The maximum absolute atomic E-state index is 11.6. The molecule has 0 aromatic heterocycles. The lowest BCUT2D eigenvalue weighted by Gasteiger charge is -2.31. The van der Waals surface area contributed by atoms with Crippen LogP contribution in [0.25, 0.3) is 0 Å². The molecule has 120 valence electrons. The third-order valence-electron chi connectivity index (χ3n) is 4.36. The Balaban J connectivity index is 2.27. The van der Waals surface area contributed by atoms with Gasteiger partial charge in [0.05, 0.1) is 6.26 Å². The summed E-state index contributed by atoms with van der Waals surface area (Å²) in [6.45, 7) is 7.91. The van der Waals surface area contributed by atoms with Crippen molar-refractivity contribution in [1.29, 1.82) is 0 Å². The number of rotatable bonds is 9. The van der Waals surface area contributed by atoms with Gasteiger partial charge >= 0.3 is 0 Å². The third kappa shape index (κ3) is 6.55. The average molecular weight is 305 g/mol. The zero-order chi connectivity index (χ0) is 15.0. The van der Waals surface area contributed by atoms with Crippen LogP contribution in [-0.4, -0.2) is 45.2 Å². The van der Waals surface area contributed by atoms with E-state index < -0.39 is 10.0 Å². The number of unbranched alkanes of at least 4 members (excludes halogenated alkanes) is 1. The fraction of sp³-hybridized carbons (Fsp3) is 1.00. The van der Waals surface area contributed by atoms with Gasteiger partial charge in [0.15, 0.2) is 0 Å². The molecular weight excluding hydrogens is 272 g/mol. The van der Waals surface area contributed by atoms with E-state index in [9.17, 15) is 8.42 Å². The number of nitrogens with one attached hydrogen (secondary N) is 1. The zero-order valence-corrected chi connectivity index (χ0v) is 14.2. The maximum Gasteiger partial charge on any atom is 0.211 e. The molecule has 1 saturated heterocycles. The van der Waals surface area contributed by atoms with E-state index in [4.69, 9.17) is 0 Å². The van der Waals surface area contributed by atoms with E-state index in [1.165, 1.54) is 31.9 Å². The van der Waals surface area contributed by atoms with E-state index in [1.54, 1.807) is 4.31 Å². The molecule has 1 heterocycles. The largest absolute Gasteiger partial charge is 0.316 e. The Bertz CT molecular complexity index is 357. The monoisotopic (exact) mass is 304 g/mol. The molecule has 0 aromatic rings. The third-order valence-corrected chi connectivity index (χ3v) is 5.63. The van der Waals surface area contributed by atoms with Crippen molar-refractivity contribution < 1.29 is 8.42 Å². The van der Waals surface area contributed by atoms with Gasteiger partial charge < -0.3 is 5.32 Å². The number of sulfonamides is 1. The Kier molecular flexibility index (Phi) is 8.07. The summed E-state index contributed by atoms with van der Waals surface area (Å²) >= 11 is 0. The molecule has 0 bridgehead atoms. The number of hydrogen-bond acceptors (Lipinski definition) is 3. The van der Waals surface area contributed by atoms with Crippen LogP contribution in [0.1, 0.15) is 52.4 Å². The van der Waals surface area contributed by atoms with E-state index in [0.717, 1.165) is 31.8 Å². The summed E-state index contributed by atoms with van der Waals surface area (Å²) in [5.41, 5.74) is 0. The number of hydrogen-bond donors (Lipinski definition) is 1. The van der Waals surface area contributed by atoms with Crippen LogP contribution in [0.4, 0.5) is 0 Å². The van der Waals surface area contributed by atoms with Crippen LogP contribution in [0, 0.1) is 11.8 Å². The first-order valence-corrected chi connectivity index (χ1v) is 9.98. The Hall–Kier alpha value is -0.130. The topological polar surface area (TPSA) is 49.4 Å². The SMILES string of the molecule is CCCCC(CC)CNCC1CCCN(S(C)(=O)=O)C1. The van der Waals surface area contributed by atoms with Gasteiger partial charge in [-0.1, -0.05) is 33.1 Å². The summed E-state index contributed by atoms with van der Waals surface area (Å²) in [4.78, 5) is 0. The second-order valence-corrected chi connectivity index (χ2v) is 8.19. The highest BCUT2D eigenvalue weighted by molar-refractivity contribution is 7.88. The number of nitrogens with zero attached hydrogens (tertiary/aromatic N) is 1. The first-order valence-electron chi connectivity index (χ1n) is 8.13. The molecule has 5 heteroatoms. The molecule has 0 saturated carbocycles. The van der Waals surface area contributed by atoms with Gasteiger partial charge in [0.1, 0.15) is 0 Å². The summed E-state index contributed by atoms with van der Waals surface area (Å²) in [5.74, 6) is 1.24. The van der Waals surface area contributed by atoms with Gasteiger partial charge in [0.25, 0.3) is 0 Å². The molecule has 0 radical (unpaired) electrons. The van der Waals surface area contributed by atoms with Crippen LogP contribution < -0.4 is 5.32 Å². The highest BCUT2D eigenvalue weighted by Gasteiger charge is 2.25. The Labute approximate surface area is 125 Å². The minimum absolute atomic E-state index is 0.474. The fourth-order valence-corrected chi connectivity index (χ4v) is 3.87. The van der Waals surface area contributed by atoms with Crippen LogP contribution in [0.5, 0.6) is 0 Å². The Morgan fingerprint density at radius 3 is 2.70 bits per heavy atom. The summed E-state index contributed by atoms with van der Waals surface area (Å²) in [6.07, 6.45) is 8.57. The molecule has 0 aliphatic carbocycles. The normalized spacial score (nSPS) is 22.9. The lowest BCUT2D eigenvalue weighted by atomic mass is 9.97. The standard InChI is InChI=1S/C15H32N2O2S/c1-4-6-8-14(5-2)11-16-12-15-9-7-10-17(13-15)20(3,18)19/h14-16H,4-13H2,1-3H3. The van der Waals surface area contributed by atoms with Gasteiger partial charge in [-0.2, -0.15) is 0 Å². The molecular formula is C15H32N2O2S. The molecule has 0 aromatic carbocycles. The van der Waals surface area contributed by atoms with Crippen molar-refractivity contribution >= 4 is 10.0 Å². The molecule has 1 fully saturated rings. The molecule has 2 unspecified atom stereocenters. The molecule has 1 rings (SSSR count). The van der Waals surface area contributed by atoms with Crippen LogP contribution in [0.3, 0.4) is 0 Å². The minimum atomic E-state index is -3.01. The van der Waals surface area contributed by atoms with E-state index >= 15 is 0 Å². The van der Waals surface area contributed by atoms with Crippen molar-refractivity contribution in [3.8, 4) is 0 Å². The van der Waals surface area contributed by atoms with E-state index in [1.807, 2.05) is 0 Å². The van der Waals surface area contributed by atoms with Gasteiger partial charge in [-0.3, -0.25) is 0 Å². The van der Waals surface area contributed by atoms with Gasteiger partial charge in [-0.05, 0) is 44.2 Å². The molecule has 1 aliphatic heterocycles. The minimum Gasteiger partial charge on any atom is -0.316 e. The van der Waals surface area contributed by atoms with E-state index in [-0.39, 0.29) is 0 Å². The van der Waals surface area contributed by atoms with Crippen LogP contribution in [0.15, 0.2) is 0 Å². The summed E-state index contributed by atoms with van der Waals surface area (Å²) < 4.78 is 24.8. The van der Waals surface area contributed by atoms with Crippen molar-refractivity contribution in [3.05, 3.63) is 0 Å². The lowest BCUT2D eigenvalue weighted by molar-refractivity contribution is 0.256. The van der Waals surface area contributed by atoms with Gasteiger partial charge in [-0.25, -0.2) is 12.7 Å². The van der Waals surface area contributed by atoms with Crippen molar-refractivity contribution in [2.24, 2.45) is 11.8 Å². The van der Waals surface area contributed by atoms with Crippen molar-refractivity contribution in [3.63, 3.8) is 0 Å². The molecule has 2 atom stereocenters. The van der Waals surface area contributed by atoms with Crippen LogP contribution >= 0.6 is 0 Å². The van der Waals surface area contributed by atoms with Crippen molar-refractivity contribution in [2.45, 2.75) is 52.4 Å². The molecule has 1 aliphatic rings. The van der Waals surface area contributed by atoms with E-state index in [2.05, 4.69) is 19.2 Å². The quantitative estimate of drug-likeness (QED) is 0.712. The summed E-state index contributed by atoms with van der Waals surface area (Å²) in [7, 11) is -3.01. The number of piperidine rings is 1. The predicted octanol–water partition coefficient (Wildman–Crippen LogP) is 2.46. The molecule has 4 nitrogen and oxygen atoms in total. The summed E-state index contributed by atoms with van der Waals surface area (Å²) in [6, 6.07) is 0. The molecule has 0 spiro atoms. The smallest absolute Gasteiger partial charge is 0.211 e. The van der Waals surface area contributed by atoms with Gasteiger partial charge in [0, 0.05) is 13.1 Å². The fourth-order valence-electron chi connectivity index (χ4n) is 2.93. The second-order valence-electron chi connectivity index (χ2n) is 6.20. The zero-order valence-electron chi connectivity index (χ0n) is 13.4. The highest BCUT2D eigenvalue weighted by atomic mass is 32.2. The first kappa shape index (κ1) is 17.9. The van der Waals surface area contributed by atoms with Gasteiger partial charge in [-0.15, -0.1) is 0 Å². The molecule has 0 amide bonds. The van der Waals surface area contributed by atoms with Crippen LogP contribution in [0.2, 0.25) is 0 Å². The predicted molar refractivity (Wildman–Crippen MR) is 85.3 cm³/mol. The molecule has 1 N–H and O–H groups in total. The second kappa shape index (κ2) is 9.00. The molecule has 20 heavy (non-hydrogen) atoms. The highest BCUT2D eigenvalue weighted by Crippen LogP contribution is 2.18. The Morgan fingerprint density at radius 2 is 2.10 bits per heavy atom. The Morgan fingerprint density at radius 1 is 1.35 bits per heavy atom. The summed E-state index contributed by atoms with van der Waals surface area (Å²) in [5, 5.41) is 3.57. The first-order chi connectivity index (χ1) is 9.47. The maximum atomic E-state index is 11.6. The van der Waals surface area contributed by atoms with Crippen molar-refractivity contribution in [2.75, 3.05) is 32.4 Å². The van der Waals surface area contributed by atoms with Crippen molar-refractivity contribution in [1.82, 2.24) is 9.62 Å². The van der Waals surface area contributed by atoms with Gasteiger partial charge in [0.2, 0.25) is 10.0 Å². The van der Waals surface area contributed by atoms with E-state index in [0.29, 0.717) is 19.0 Å². The lowest BCUT2D eigenvalue weighted by Crippen LogP contribution is -2.42. The van der Waals surface area contributed by atoms with Crippen LogP contribution in [-0.2, 0) is 10.0 Å².